The van der Waals surface area contributed by atoms with Crippen molar-refractivity contribution in [1.29, 1.82) is 0 Å². The van der Waals surface area contributed by atoms with Crippen LogP contribution in [0, 0.1) is 0 Å². The summed E-state index contributed by atoms with van der Waals surface area (Å²) in [6, 6.07) is 24.6. The maximum atomic E-state index is 9.77. The molecule has 4 aromatic rings. The zero-order valence-electron chi connectivity index (χ0n) is 13.9. The van der Waals surface area contributed by atoms with Crippen molar-refractivity contribution in [3.8, 4) is 28.5 Å². The number of rotatable bonds is 4. The van der Waals surface area contributed by atoms with Gasteiger partial charge in [-0.2, -0.15) is 0 Å². The summed E-state index contributed by atoms with van der Waals surface area (Å²) < 4.78 is 5.86. The van der Waals surface area contributed by atoms with E-state index in [1.54, 1.807) is 24.5 Å². The van der Waals surface area contributed by atoms with Crippen LogP contribution in [0.4, 0.5) is 5.69 Å². The minimum absolute atomic E-state index is 0.209. The standard InChI is InChI=1S/C22H16N2O2/c25-20-9-5-4-8-18(20)14-23-19-12-10-17(11-13-19)22-24-15-21(26-22)16-6-2-1-3-7-16/h1-15,25H. The van der Waals surface area contributed by atoms with Crippen molar-refractivity contribution in [2.24, 2.45) is 4.99 Å². The lowest BCUT2D eigenvalue weighted by molar-refractivity contribution is 0.474. The summed E-state index contributed by atoms with van der Waals surface area (Å²) in [5.41, 5.74) is 3.34. The number of nitrogens with zero attached hydrogens (tertiary/aromatic N) is 2. The van der Waals surface area contributed by atoms with Crippen molar-refractivity contribution in [2.75, 3.05) is 0 Å². The molecular formula is C22H16N2O2. The third kappa shape index (κ3) is 3.39. The zero-order valence-corrected chi connectivity index (χ0v) is 13.9. The van der Waals surface area contributed by atoms with Crippen LogP contribution in [0.2, 0.25) is 0 Å². The first-order valence-electron chi connectivity index (χ1n) is 8.23. The highest BCUT2D eigenvalue weighted by Crippen LogP contribution is 2.27. The summed E-state index contributed by atoms with van der Waals surface area (Å²) in [6.45, 7) is 0. The van der Waals surface area contributed by atoms with Crippen LogP contribution in [0.25, 0.3) is 22.8 Å². The number of para-hydroxylation sites is 1. The third-order valence-electron chi connectivity index (χ3n) is 3.97. The van der Waals surface area contributed by atoms with Gasteiger partial charge in [0.1, 0.15) is 5.75 Å². The van der Waals surface area contributed by atoms with Gasteiger partial charge in [0.25, 0.3) is 0 Å². The Morgan fingerprint density at radius 1 is 0.808 bits per heavy atom. The Kier molecular flexibility index (Phi) is 4.31. The topological polar surface area (TPSA) is 58.6 Å². The van der Waals surface area contributed by atoms with Crippen LogP contribution in [0.3, 0.4) is 0 Å². The Balaban J connectivity index is 1.53. The van der Waals surface area contributed by atoms with Crippen LogP contribution < -0.4 is 0 Å². The molecule has 4 rings (SSSR count). The molecule has 1 heterocycles. The van der Waals surface area contributed by atoms with E-state index < -0.39 is 0 Å². The van der Waals surface area contributed by atoms with E-state index in [1.165, 1.54) is 0 Å². The molecule has 0 aliphatic rings. The van der Waals surface area contributed by atoms with E-state index in [4.69, 9.17) is 4.42 Å². The molecule has 3 aromatic carbocycles. The van der Waals surface area contributed by atoms with E-state index in [9.17, 15) is 5.11 Å². The van der Waals surface area contributed by atoms with Crippen LogP contribution in [0.1, 0.15) is 5.56 Å². The Morgan fingerprint density at radius 3 is 2.31 bits per heavy atom. The summed E-state index contributed by atoms with van der Waals surface area (Å²) in [6.07, 6.45) is 3.37. The number of aromatic nitrogens is 1. The molecule has 4 heteroatoms. The van der Waals surface area contributed by atoms with Gasteiger partial charge in [-0.1, -0.05) is 42.5 Å². The first kappa shape index (κ1) is 15.8. The van der Waals surface area contributed by atoms with Crippen molar-refractivity contribution in [2.45, 2.75) is 0 Å². The highest BCUT2D eigenvalue weighted by Gasteiger charge is 2.08. The number of aliphatic imine (C=N–C) groups is 1. The second-order valence-electron chi connectivity index (χ2n) is 5.76. The molecule has 126 valence electrons. The molecule has 0 aliphatic carbocycles. The largest absolute Gasteiger partial charge is 0.507 e. The Morgan fingerprint density at radius 2 is 1.54 bits per heavy atom. The molecule has 0 spiro atoms. The number of oxazole rings is 1. The Hall–Kier alpha value is -3.66. The smallest absolute Gasteiger partial charge is 0.226 e. The fourth-order valence-electron chi connectivity index (χ4n) is 2.57. The summed E-state index contributed by atoms with van der Waals surface area (Å²) in [5.74, 6) is 1.52. The maximum Gasteiger partial charge on any atom is 0.226 e. The fourth-order valence-corrected chi connectivity index (χ4v) is 2.57. The number of hydrogen-bond acceptors (Lipinski definition) is 4. The van der Waals surface area contributed by atoms with Crippen LogP contribution in [0.15, 0.2) is 94.5 Å². The average molecular weight is 340 g/mol. The van der Waals surface area contributed by atoms with Gasteiger partial charge >= 0.3 is 0 Å². The predicted octanol–water partition coefficient (Wildman–Crippen LogP) is 5.46. The fraction of sp³-hybridized carbons (Fsp3) is 0. The molecule has 0 saturated carbocycles. The molecule has 0 radical (unpaired) electrons. The van der Waals surface area contributed by atoms with Crippen LogP contribution in [-0.4, -0.2) is 16.3 Å². The van der Waals surface area contributed by atoms with Crippen molar-refractivity contribution >= 4 is 11.9 Å². The molecule has 4 nitrogen and oxygen atoms in total. The molecule has 0 amide bonds. The predicted molar refractivity (Wildman–Crippen MR) is 103 cm³/mol. The SMILES string of the molecule is Oc1ccccc1C=Nc1ccc(-c2ncc(-c3ccccc3)o2)cc1. The highest BCUT2D eigenvalue weighted by atomic mass is 16.4. The molecule has 0 atom stereocenters. The minimum atomic E-state index is 0.209. The lowest BCUT2D eigenvalue weighted by Gasteiger charge is -1.99. The molecule has 0 unspecified atom stereocenters. The number of phenolic OH excluding ortho intramolecular Hbond substituents is 1. The van der Waals surface area contributed by atoms with Crippen molar-refractivity contribution < 1.29 is 9.52 Å². The van der Waals surface area contributed by atoms with Crippen LogP contribution in [0.5, 0.6) is 5.75 Å². The molecular weight excluding hydrogens is 324 g/mol. The van der Waals surface area contributed by atoms with Gasteiger partial charge in [-0.3, -0.25) is 4.99 Å². The van der Waals surface area contributed by atoms with E-state index in [0.29, 0.717) is 11.5 Å². The molecule has 0 fully saturated rings. The second kappa shape index (κ2) is 7.07. The average Bonchev–Trinajstić information content (AvgIpc) is 3.19. The lowest BCUT2D eigenvalue weighted by atomic mass is 10.2. The van der Waals surface area contributed by atoms with E-state index in [0.717, 1.165) is 22.6 Å². The first-order valence-corrected chi connectivity index (χ1v) is 8.23. The third-order valence-corrected chi connectivity index (χ3v) is 3.97. The van der Waals surface area contributed by atoms with E-state index in [2.05, 4.69) is 9.98 Å². The van der Waals surface area contributed by atoms with Gasteiger partial charge in [-0.25, -0.2) is 4.98 Å². The monoisotopic (exact) mass is 340 g/mol. The molecule has 0 saturated heterocycles. The van der Waals surface area contributed by atoms with Crippen LogP contribution in [-0.2, 0) is 0 Å². The summed E-state index contributed by atoms with van der Waals surface area (Å²) in [5, 5.41) is 9.77. The number of aromatic hydroxyl groups is 1. The van der Waals surface area contributed by atoms with Crippen molar-refractivity contribution in [3.05, 3.63) is 90.6 Å². The molecule has 1 aromatic heterocycles. The zero-order chi connectivity index (χ0) is 17.8. The normalized spacial score (nSPS) is 11.1. The maximum absolute atomic E-state index is 9.77. The first-order chi connectivity index (χ1) is 12.8. The van der Waals surface area contributed by atoms with Crippen molar-refractivity contribution in [1.82, 2.24) is 4.98 Å². The molecule has 0 bridgehead atoms. The Bertz CT molecular complexity index is 1040. The van der Waals surface area contributed by atoms with Gasteiger partial charge in [-0.15, -0.1) is 0 Å². The Labute approximate surface area is 151 Å². The highest BCUT2D eigenvalue weighted by molar-refractivity contribution is 5.85. The quantitative estimate of drug-likeness (QED) is 0.502. The van der Waals surface area contributed by atoms with Gasteiger partial charge in [0.15, 0.2) is 5.76 Å². The summed E-state index contributed by atoms with van der Waals surface area (Å²) in [4.78, 5) is 8.75. The molecule has 26 heavy (non-hydrogen) atoms. The van der Waals surface area contributed by atoms with Crippen LogP contribution >= 0.6 is 0 Å². The number of hydrogen-bond donors (Lipinski definition) is 1. The number of benzene rings is 3. The number of phenols is 1. The van der Waals surface area contributed by atoms with E-state index in [1.807, 2.05) is 66.7 Å². The van der Waals surface area contributed by atoms with Gasteiger partial charge in [0, 0.05) is 22.9 Å². The van der Waals surface area contributed by atoms with Gasteiger partial charge in [0.2, 0.25) is 5.89 Å². The molecule has 0 aliphatic heterocycles. The van der Waals surface area contributed by atoms with E-state index in [-0.39, 0.29) is 5.75 Å². The second-order valence-corrected chi connectivity index (χ2v) is 5.76. The van der Waals surface area contributed by atoms with Gasteiger partial charge in [0.05, 0.1) is 11.9 Å². The van der Waals surface area contributed by atoms with Crippen molar-refractivity contribution in [3.63, 3.8) is 0 Å². The van der Waals surface area contributed by atoms with Gasteiger partial charge < -0.3 is 9.52 Å². The lowest BCUT2D eigenvalue weighted by Crippen LogP contribution is -1.81. The summed E-state index contributed by atoms with van der Waals surface area (Å²) in [7, 11) is 0. The summed E-state index contributed by atoms with van der Waals surface area (Å²) >= 11 is 0. The molecule has 1 N–H and O–H groups in total. The minimum Gasteiger partial charge on any atom is -0.507 e. The van der Waals surface area contributed by atoms with Gasteiger partial charge in [-0.05, 0) is 36.4 Å². The van der Waals surface area contributed by atoms with E-state index >= 15 is 0 Å².